The van der Waals surface area contributed by atoms with E-state index in [2.05, 4.69) is 10.0 Å². The van der Waals surface area contributed by atoms with Crippen LogP contribution in [0.2, 0.25) is 0 Å². The van der Waals surface area contributed by atoms with Crippen LogP contribution in [0.1, 0.15) is 21.5 Å². The smallest absolute Gasteiger partial charge is 0.261 e. The van der Waals surface area contributed by atoms with E-state index >= 15 is 0 Å². The molecule has 0 saturated carbocycles. The number of carbonyl (C=O) groups is 1. The molecule has 1 amide bonds. The molecule has 4 rings (SSSR count). The highest BCUT2D eigenvalue weighted by atomic mass is 32.2. The van der Waals surface area contributed by atoms with E-state index < -0.39 is 10.0 Å². The molecule has 0 aromatic heterocycles. The van der Waals surface area contributed by atoms with Gasteiger partial charge in [-0.3, -0.25) is 9.52 Å². The van der Waals surface area contributed by atoms with Gasteiger partial charge in [0, 0.05) is 24.3 Å². The number of hydrogen-bond donors (Lipinski definition) is 3. The van der Waals surface area contributed by atoms with E-state index in [9.17, 15) is 13.2 Å². The first-order valence-electron chi connectivity index (χ1n) is 10.1. The second-order valence-electron chi connectivity index (χ2n) is 7.40. The standard InChI is InChI=1S/C25H23N3O3S/c26-16-18-5-3-6-19(13-18)17-27-25(29)22-9-4-10-23(14-22)28-32(30,31)24-12-11-20-7-1-2-8-21(20)15-24/h1-15,28H,16-17,26H2,(H,27,29). The lowest BCUT2D eigenvalue weighted by Crippen LogP contribution is -2.23. The quantitative estimate of drug-likeness (QED) is 0.400. The molecule has 32 heavy (non-hydrogen) atoms. The molecule has 4 aromatic rings. The predicted octanol–water partition coefficient (Wildman–Crippen LogP) is 4.03. The van der Waals surface area contributed by atoms with Gasteiger partial charge >= 0.3 is 0 Å². The van der Waals surface area contributed by atoms with Crippen molar-refractivity contribution in [1.29, 1.82) is 0 Å². The van der Waals surface area contributed by atoms with E-state index in [1.165, 1.54) is 6.07 Å². The summed E-state index contributed by atoms with van der Waals surface area (Å²) in [5.41, 5.74) is 8.26. The summed E-state index contributed by atoms with van der Waals surface area (Å²) in [5, 5.41) is 4.65. The van der Waals surface area contributed by atoms with Crippen molar-refractivity contribution in [3.63, 3.8) is 0 Å². The van der Waals surface area contributed by atoms with Crippen LogP contribution in [0.25, 0.3) is 10.8 Å². The third-order valence-corrected chi connectivity index (χ3v) is 6.47. The van der Waals surface area contributed by atoms with Crippen molar-refractivity contribution >= 4 is 32.4 Å². The summed E-state index contributed by atoms with van der Waals surface area (Å²) in [4.78, 5) is 12.8. The van der Waals surface area contributed by atoms with Gasteiger partial charge in [0.25, 0.3) is 15.9 Å². The van der Waals surface area contributed by atoms with Gasteiger partial charge in [0.15, 0.2) is 0 Å². The Morgan fingerprint density at radius 3 is 2.34 bits per heavy atom. The van der Waals surface area contributed by atoms with Crippen LogP contribution in [0, 0.1) is 0 Å². The molecule has 4 aromatic carbocycles. The summed E-state index contributed by atoms with van der Waals surface area (Å²) >= 11 is 0. The van der Waals surface area contributed by atoms with E-state index in [0.717, 1.165) is 21.9 Å². The Morgan fingerprint density at radius 1 is 0.781 bits per heavy atom. The summed E-state index contributed by atoms with van der Waals surface area (Å²) in [6.45, 7) is 0.779. The Morgan fingerprint density at radius 2 is 1.53 bits per heavy atom. The minimum atomic E-state index is -3.80. The molecule has 4 N–H and O–H groups in total. The second kappa shape index (κ2) is 9.21. The fraction of sp³-hybridized carbons (Fsp3) is 0.0800. The summed E-state index contributed by atoms with van der Waals surface area (Å²) in [7, 11) is -3.80. The number of carbonyl (C=O) groups excluding carboxylic acids is 1. The molecule has 6 nitrogen and oxygen atoms in total. The molecule has 0 bridgehead atoms. The fourth-order valence-corrected chi connectivity index (χ4v) is 4.51. The van der Waals surface area contributed by atoms with Crippen LogP contribution >= 0.6 is 0 Å². The van der Waals surface area contributed by atoms with Gasteiger partial charge in [0.1, 0.15) is 0 Å². The van der Waals surface area contributed by atoms with Gasteiger partial charge in [-0.25, -0.2) is 8.42 Å². The maximum atomic E-state index is 12.9. The molecule has 0 aliphatic carbocycles. The molecule has 0 saturated heterocycles. The van der Waals surface area contributed by atoms with Crippen molar-refractivity contribution in [2.24, 2.45) is 5.73 Å². The van der Waals surface area contributed by atoms with E-state index in [0.29, 0.717) is 24.3 Å². The van der Waals surface area contributed by atoms with Crippen molar-refractivity contribution in [2.45, 2.75) is 18.0 Å². The highest BCUT2D eigenvalue weighted by molar-refractivity contribution is 7.92. The Bertz CT molecular complexity index is 1380. The Hall–Kier alpha value is -3.68. The first-order chi connectivity index (χ1) is 15.4. The van der Waals surface area contributed by atoms with E-state index in [4.69, 9.17) is 5.73 Å². The molecule has 0 atom stereocenters. The normalized spacial score (nSPS) is 11.3. The number of amides is 1. The first-order valence-corrected chi connectivity index (χ1v) is 11.6. The molecule has 0 fully saturated rings. The molecule has 0 aliphatic rings. The lowest BCUT2D eigenvalue weighted by molar-refractivity contribution is 0.0951. The average Bonchev–Trinajstić information content (AvgIpc) is 2.82. The number of fused-ring (bicyclic) bond motifs is 1. The predicted molar refractivity (Wildman–Crippen MR) is 127 cm³/mol. The molecular weight excluding hydrogens is 422 g/mol. The van der Waals surface area contributed by atoms with Crippen molar-refractivity contribution in [3.8, 4) is 0 Å². The van der Waals surface area contributed by atoms with Crippen LogP contribution in [0.3, 0.4) is 0 Å². The zero-order chi connectivity index (χ0) is 22.6. The average molecular weight is 446 g/mol. The zero-order valence-electron chi connectivity index (χ0n) is 17.3. The number of hydrogen-bond acceptors (Lipinski definition) is 4. The van der Waals surface area contributed by atoms with E-state index in [1.54, 1.807) is 36.4 Å². The minimum Gasteiger partial charge on any atom is -0.348 e. The Labute approximate surface area is 187 Å². The molecule has 0 radical (unpaired) electrons. The lowest BCUT2D eigenvalue weighted by Gasteiger charge is -2.11. The summed E-state index contributed by atoms with van der Waals surface area (Å²) in [5.74, 6) is -0.296. The number of nitrogens with one attached hydrogen (secondary N) is 2. The molecular formula is C25H23N3O3S. The van der Waals surface area contributed by atoms with Gasteiger partial charge in [-0.2, -0.15) is 0 Å². The number of nitrogens with two attached hydrogens (primary N) is 1. The Kier molecular flexibility index (Phi) is 6.20. The Balaban J connectivity index is 1.48. The molecule has 0 unspecified atom stereocenters. The molecule has 7 heteroatoms. The molecule has 0 spiro atoms. The number of anilines is 1. The maximum absolute atomic E-state index is 12.9. The highest BCUT2D eigenvalue weighted by Gasteiger charge is 2.16. The van der Waals surface area contributed by atoms with Crippen molar-refractivity contribution in [1.82, 2.24) is 5.32 Å². The largest absolute Gasteiger partial charge is 0.348 e. The number of sulfonamides is 1. The summed E-state index contributed by atoms with van der Waals surface area (Å²) in [6.07, 6.45) is 0. The molecule has 0 aliphatic heterocycles. The minimum absolute atomic E-state index is 0.158. The molecule has 162 valence electrons. The van der Waals surface area contributed by atoms with E-state index in [1.807, 2.05) is 48.5 Å². The topological polar surface area (TPSA) is 101 Å². The van der Waals surface area contributed by atoms with Gasteiger partial charge in [0.2, 0.25) is 0 Å². The van der Waals surface area contributed by atoms with Crippen molar-refractivity contribution in [2.75, 3.05) is 4.72 Å². The summed E-state index contributed by atoms with van der Waals surface area (Å²) < 4.78 is 28.3. The van der Waals surface area contributed by atoms with Gasteiger partial charge < -0.3 is 11.1 Å². The van der Waals surface area contributed by atoms with Gasteiger partial charge in [-0.1, -0.05) is 60.7 Å². The second-order valence-corrected chi connectivity index (χ2v) is 9.08. The number of benzene rings is 4. The van der Waals surface area contributed by atoms with Crippen LogP contribution in [0.5, 0.6) is 0 Å². The van der Waals surface area contributed by atoms with Crippen molar-refractivity contribution < 1.29 is 13.2 Å². The monoisotopic (exact) mass is 445 g/mol. The van der Waals surface area contributed by atoms with Crippen LogP contribution in [-0.2, 0) is 23.1 Å². The van der Waals surface area contributed by atoms with Crippen LogP contribution in [0.15, 0.2) is 95.9 Å². The van der Waals surface area contributed by atoms with Gasteiger partial charge in [0.05, 0.1) is 4.90 Å². The SMILES string of the molecule is NCc1cccc(CNC(=O)c2cccc(NS(=O)(=O)c3ccc4ccccc4c3)c2)c1. The van der Waals surface area contributed by atoms with Crippen molar-refractivity contribution in [3.05, 3.63) is 108 Å². The number of rotatable bonds is 7. The van der Waals surface area contributed by atoms with Crippen LogP contribution in [-0.4, -0.2) is 14.3 Å². The van der Waals surface area contributed by atoms with Crippen LogP contribution < -0.4 is 15.8 Å². The third kappa shape index (κ3) is 4.96. The van der Waals surface area contributed by atoms with E-state index in [-0.39, 0.29) is 10.8 Å². The highest BCUT2D eigenvalue weighted by Crippen LogP contribution is 2.22. The maximum Gasteiger partial charge on any atom is 0.261 e. The molecule has 0 heterocycles. The zero-order valence-corrected chi connectivity index (χ0v) is 18.1. The van der Waals surface area contributed by atoms with Gasteiger partial charge in [-0.05, 0) is 52.2 Å². The summed E-state index contributed by atoms with van der Waals surface area (Å²) in [6, 6.07) is 26.6. The third-order valence-electron chi connectivity index (χ3n) is 5.09. The van der Waals surface area contributed by atoms with Crippen LogP contribution in [0.4, 0.5) is 5.69 Å². The lowest BCUT2D eigenvalue weighted by atomic mass is 10.1. The van der Waals surface area contributed by atoms with Gasteiger partial charge in [-0.15, -0.1) is 0 Å². The fourth-order valence-electron chi connectivity index (χ4n) is 3.42. The first kappa shape index (κ1) is 21.5.